The van der Waals surface area contributed by atoms with E-state index in [2.05, 4.69) is 0 Å². The monoisotopic (exact) mass is 220 g/mol. The molecule has 84 valence electrons. The molecule has 0 aliphatic heterocycles. The zero-order valence-electron chi connectivity index (χ0n) is 9.37. The molecule has 0 aliphatic carbocycles. The minimum Gasteiger partial charge on any atom is -0.481 e. The maximum atomic E-state index is 10.4. The van der Waals surface area contributed by atoms with Gasteiger partial charge in [0, 0.05) is 12.4 Å². The Kier molecular flexibility index (Phi) is 6.20. The summed E-state index contributed by atoms with van der Waals surface area (Å²) in [6, 6.07) is 0. The Balaban J connectivity index is 3.58. The molecule has 0 aromatic heterocycles. The first-order chi connectivity index (χ1) is 6.37. The molecule has 0 saturated carbocycles. The standard InChI is InChI=1S/C10H20O3S/c1-8(7-9(11)12)14-6-5-10(2,3)13-4/h8H,5-7H2,1-4H3,(H,11,12). The summed E-state index contributed by atoms with van der Waals surface area (Å²) >= 11 is 1.69. The zero-order chi connectivity index (χ0) is 11.2. The minimum absolute atomic E-state index is 0.101. The maximum absolute atomic E-state index is 10.4. The van der Waals surface area contributed by atoms with Crippen LogP contribution in [0.4, 0.5) is 0 Å². The highest BCUT2D eigenvalue weighted by Crippen LogP contribution is 2.21. The van der Waals surface area contributed by atoms with E-state index in [1.807, 2.05) is 20.8 Å². The molecule has 1 unspecified atom stereocenters. The molecule has 0 radical (unpaired) electrons. The number of carbonyl (C=O) groups is 1. The van der Waals surface area contributed by atoms with E-state index in [9.17, 15) is 4.79 Å². The largest absolute Gasteiger partial charge is 0.481 e. The molecule has 0 saturated heterocycles. The number of rotatable bonds is 7. The van der Waals surface area contributed by atoms with Crippen molar-refractivity contribution >= 4 is 17.7 Å². The highest BCUT2D eigenvalue weighted by Gasteiger charge is 2.16. The Bertz CT molecular complexity index is 180. The molecule has 0 spiro atoms. The van der Waals surface area contributed by atoms with Gasteiger partial charge in [-0.15, -0.1) is 0 Å². The van der Waals surface area contributed by atoms with Crippen molar-refractivity contribution < 1.29 is 14.6 Å². The Morgan fingerprint density at radius 1 is 1.57 bits per heavy atom. The molecular formula is C10H20O3S. The second kappa shape index (κ2) is 6.30. The predicted octanol–water partition coefficient (Wildman–Crippen LogP) is 2.40. The van der Waals surface area contributed by atoms with Crippen LogP contribution in [0.2, 0.25) is 0 Å². The molecule has 0 fully saturated rings. The molecule has 1 atom stereocenters. The van der Waals surface area contributed by atoms with Crippen LogP contribution in [-0.4, -0.2) is 34.8 Å². The first kappa shape index (κ1) is 13.8. The van der Waals surface area contributed by atoms with Crippen LogP contribution < -0.4 is 0 Å². The van der Waals surface area contributed by atoms with Gasteiger partial charge < -0.3 is 9.84 Å². The van der Waals surface area contributed by atoms with Gasteiger partial charge in [0.15, 0.2) is 0 Å². The van der Waals surface area contributed by atoms with Crippen LogP contribution in [0.3, 0.4) is 0 Å². The molecule has 4 heteroatoms. The third-order valence-electron chi connectivity index (χ3n) is 2.12. The van der Waals surface area contributed by atoms with Crippen molar-refractivity contribution in [2.24, 2.45) is 0 Å². The van der Waals surface area contributed by atoms with E-state index in [0.29, 0.717) is 0 Å². The second-order valence-electron chi connectivity index (χ2n) is 3.99. The quantitative estimate of drug-likeness (QED) is 0.715. The van der Waals surface area contributed by atoms with E-state index in [1.54, 1.807) is 18.9 Å². The summed E-state index contributed by atoms with van der Waals surface area (Å²) in [5.41, 5.74) is -0.101. The SMILES string of the molecule is COC(C)(C)CCSC(C)CC(=O)O. The van der Waals surface area contributed by atoms with Gasteiger partial charge in [-0.1, -0.05) is 6.92 Å². The Morgan fingerprint density at radius 2 is 2.14 bits per heavy atom. The van der Waals surface area contributed by atoms with Gasteiger partial charge in [0.05, 0.1) is 12.0 Å². The molecule has 14 heavy (non-hydrogen) atoms. The summed E-state index contributed by atoms with van der Waals surface area (Å²) in [5.74, 6) is 0.214. The number of methoxy groups -OCH3 is 1. The lowest BCUT2D eigenvalue weighted by molar-refractivity contribution is -0.136. The number of carboxylic acid groups (broad SMARTS) is 1. The molecule has 1 N–H and O–H groups in total. The van der Waals surface area contributed by atoms with Gasteiger partial charge in [-0.3, -0.25) is 4.79 Å². The molecular weight excluding hydrogens is 200 g/mol. The summed E-state index contributed by atoms with van der Waals surface area (Å²) in [5, 5.41) is 8.73. The van der Waals surface area contributed by atoms with Gasteiger partial charge >= 0.3 is 5.97 Å². The van der Waals surface area contributed by atoms with Crippen LogP contribution >= 0.6 is 11.8 Å². The Hall–Kier alpha value is -0.220. The minimum atomic E-state index is -0.726. The van der Waals surface area contributed by atoms with Crippen LogP contribution in [0.1, 0.15) is 33.6 Å². The fourth-order valence-electron chi connectivity index (χ4n) is 0.913. The van der Waals surface area contributed by atoms with Crippen molar-refractivity contribution in [3.63, 3.8) is 0 Å². The lowest BCUT2D eigenvalue weighted by Gasteiger charge is -2.23. The van der Waals surface area contributed by atoms with Crippen molar-refractivity contribution in [3.8, 4) is 0 Å². The van der Waals surface area contributed by atoms with Crippen LogP contribution in [0, 0.1) is 0 Å². The first-order valence-electron chi connectivity index (χ1n) is 4.76. The first-order valence-corrected chi connectivity index (χ1v) is 5.81. The van der Waals surface area contributed by atoms with E-state index in [-0.39, 0.29) is 17.3 Å². The molecule has 0 aromatic carbocycles. The maximum Gasteiger partial charge on any atom is 0.304 e. The van der Waals surface area contributed by atoms with Gasteiger partial charge in [-0.25, -0.2) is 0 Å². The molecule has 0 aliphatic rings. The molecule has 0 aromatic rings. The highest BCUT2D eigenvalue weighted by molar-refractivity contribution is 7.99. The fourth-order valence-corrected chi connectivity index (χ4v) is 2.19. The number of ether oxygens (including phenoxy) is 1. The summed E-state index contributed by atoms with van der Waals surface area (Å²) in [7, 11) is 1.70. The normalized spacial score (nSPS) is 14.0. The summed E-state index contributed by atoms with van der Waals surface area (Å²) < 4.78 is 5.27. The van der Waals surface area contributed by atoms with E-state index in [1.165, 1.54) is 0 Å². The average molecular weight is 220 g/mol. The number of carboxylic acids is 1. The fraction of sp³-hybridized carbons (Fsp3) is 0.900. The molecule has 0 bridgehead atoms. The Morgan fingerprint density at radius 3 is 2.57 bits per heavy atom. The topological polar surface area (TPSA) is 46.5 Å². The van der Waals surface area contributed by atoms with Crippen molar-refractivity contribution in [1.82, 2.24) is 0 Å². The van der Waals surface area contributed by atoms with Crippen molar-refractivity contribution in [3.05, 3.63) is 0 Å². The lowest BCUT2D eigenvalue weighted by Crippen LogP contribution is -2.23. The van der Waals surface area contributed by atoms with Gasteiger partial charge in [-0.2, -0.15) is 11.8 Å². The number of thioether (sulfide) groups is 1. The number of aliphatic carboxylic acids is 1. The summed E-state index contributed by atoms with van der Waals surface area (Å²) in [4.78, 5) is 10.4. The average Bonchev–Trinajstić information content (AvgIpc) is 2.02. The van der Waals surface area contributed by atoms with Crippen LogP contribution in [0.25, 0.3) is 0 Å². The predicted molar refractivity (Wildman–Crippen MR) is 59.9 cm³/mol. The van der Waals surface area contributed by atoms with Crippen LogP contribution in [0.5, 0.6) is 0 Å². The van der Waals surface area contributed by atoms with Crippen LogP contribution in [0.15, 0.2) is 0 Å². The third kappa shape index (κ3) is 7.21. The van der Waals surface area contributed by atoms with E-state index < -0.39 is 5.97 Å². The lowest BCUT2D eigenvalue weighted by atomic mass is 10.1. The third-order valence-corrected chi connectivity index (χ3v) is 3.30. The smallest absolute Gasteiger partial charge is 0.304 e. The van der Waals surface area contributed by atoms with Crippen molar-refractivity contribution in [2.75, 3.05) is 12.9 Å². The molecule has 0 heterocycles. The highest BCUT2D eigenvalue weighted by atomic mass is 32.2. The van der Waals surface area contributed by atoms with E-state index in [4.69, 9.17) is 9.84 Å². The zero-order valence-corrected chi connectivity index (χ0v) is 10.2. The van der Waals surface area contributed by atoms with Gasteiger partial charge in [-0.05, 0) is 26.0 Å². The Labute approximate surface area is 90.2 Å². The van der Waals surface area contributed by atoms with Gasteiger partial charge in [0.25, 0.3) is 0 Å². The molecule has 0 rings (SSSR count). The molecule has 0 amide bonds. The number of hydrogen-bond acceptors (Lipinski definition) is 3. The van der Waals surface area contributed by atoms with Crippen molar-refractivity contribution in [2.45, 2.75) is 44.5 Å². The molecule has 3 nitrogen and oxygen atoms in total. The van der Waals surface area contributed by atoms with Crippen molar-refractivity contribution in [1.29, 1.82) is 0 Å². The van der Waals surface area contributed by atoms with E-state index in [0.717, 1.165) is 12.2 Å². The van der Waals surface area contributed by atoms with Gasteiger partial charge in [0.1, 0.15) is 0 Å². The second-order valence-corrected chi connectivity index (χ2v) is 5.54. The van der Waals surface area contributed by atoms with Gasteiger partial charge in [0.2, 0.25) is 0 Å². The summed E-state index contributed by atoms with van der Waals surface area (Å²) in [6.45, 7) is 6.02. The number of hydrogen-bond donors (Lipinski definition) is 1. The summed E-state index contributed by atoms with van der Waals surface area (Å²) in [6.07, 6.45) is 1.18. The van der Waals surface area contributed by atoms with Crippen LogP contribution in [-0.2, 0) is 9.53 Å². The van der Waals surface area contributed by atoms with E-state index >= 15 is 0 Å².